The van der Waals surface area contributed by atoms with Gasteiger partial charge in [0, 0.05) is 5.56 Å². The minimum absolute atomic E-state index is 0.0124. The van der Waals surface area contributed by atoms with Crippen LogP contribution in [0.5, 0.6) is 0 Å². The van der Waals surface area contributed by atoms with Crippen LogP contribution in [0.2, 0.25) is 0 Å². The minimum atomic E-state index is -0.412. The van der Waals surface area contributed by atoms with Crippen LogP contribution in [-0.4, -0.2) is 36.2 Å². The van der Waals surface area contributed by atoms with E-state index in [4.69, 9.17) is 5.73 Å². The molecule has 0 aliphatic carbocycles. The van der Waals surface area contributed by atoms with E-state index >= 15 is 0 Å². The van der Waals surface area contributed by atoms with Crippen LogP contribution in [0.15, 0.2) is 24.3 Å². The van der Waals surface area contributed by atoms with Crippen molar-refractivity contribution in [2.45, 2.75) is 26.7 Å². The standard InChI is InChI=1S/C15H22N2O2/c1-4-17(10-15(16)19)9-14(18)13-7-5-12(6-8-13)11(2)3/h5-8,11H,4,9-10H2,1-3H3,(H2,16,19). The molecule has 1 aromatic carbocycles. The summed E-state index contributed by atoms with van der Waals surface area (Å²) in [5, 5.41) is 0. The third-order valence-electron chi connectivity index (χ3n) is 3.09. The number of Topliss-reactive ketones (excluding diaryl/α,β-unsaturated/α-hetero) is 1. The van der Waals surface area contributed by atoms with Gasteiger partial charge in [-0.1, -0.05) is 45.0 Å². The Balaban J connectivity index is 2.69. The zero-order valence-electron chi connectivity index (χ0n) is 11.8. The molecule has 0 aliphatic rings. The van der Waals surface area contributed by atoms with E-state index < -0.39 is 5.91 Å². The van der Waals surface area contributed by atoms with Gasteiger partial charge in [-0.05, 0) is 18.0 Å². The third kappa shape index (κ3) is 4.83. The molecule has 4 heteroatoms. The van der Waals surface area contributed by atoms with E-state index in [-0.39, 0.29) is 18.9 Å². The molecule has 2 N–H and O–H groups in total. The fourth-order valence-corrected chi connectivity index (χ4v) is 1.85. The van der Waals surface area contributed by atoms with Crippen molar-refractivity contribution in [3.05, 3.63) is 35.4 Å². The van der Waals surface area contributed by atoms with Crippen molar-refractivity contribution >= 4 is 11.7 Å². The molecule has 0 bridgehead atoms. The molecule has 0 fully saturated rings. The van der Waals surface area contributed by atoms with E-state index in [1.807, 2.05) is 31.2 Å². The minimum Gasteiger partial charge on any atom is -0.369 e. The molecule has 19 heavy (non-hydrogen) atoms. The number of carbonyl (C=O) groups is 2. The molecule has 104 valence electrons. The molecule has 4 nitrogen and oxygen atoms in total. The second-order valence-corrected chi connectivity index (χ2v) is 4.97. The van der Waals surface area contributed by atoms with Crippen molar-refractivity contribution in [2.75, 3.05) is 19.6 Å². The average Bonchev–Trinajstić information content (AvgIpc) is 2.37. The molecule has 0 aliphatic heterocycles. The maximum atomic E-state index is 12.1. The monoisotopic (exact) mass is 262 g/mol. The Labute approximate surface area is 114 Å². The largest absolute Gasteiger partial charge is 0.369 e. The van der Waals surface area contributed by atoms with Gasteiger partial charge in [-0.3, -0.25) is 14.5 Å². The number of ketones is 1. The summed E-state index contributed by atoms with van der Waals surface area (Å²) in [5.74, 6) is 0.0503. The summed E-state index contributed by atoms with van der Waals surface area (Å²) < 4.78 is 0. The van der Waals surface area contributed by atoms with Gasteiger partial charge in [0.15, 0.2) is 5.78 Å². The number of hydrogen-bond donors (Lipinski definition) is 1. The zero-order chi connectivity index (χ0) is 14.4. The maximum absolute atomic E-state index is 12.1. The van der Waals surface area contributed by atoms with E-state index in [0.29, 0.717) is 18.0 Å². The molecule has 0 saturated carbocycles. The molecule has 1 amide bonds. The van der Waals surface area contributed by atoms with Crippen molar-refractivity contribution in [3.63, 3.8) is 0 Å². The van der Waals surface area contributed by atoms with Crippen molar-refractivity contribution in [1.82, 2.24) is 4.90 Å². The fourth-order valence-electron chi connectivity index (χ4n) is 1.85. The van der Waals surface area contributed by atoms with Crippen LogP contribution in [0.1, 0.15) is 42.6 Å². The zero-order valence-corrected chi connectivity index (χ0v) is 11.8. The molecule has 0 unspecified atom stereocenters. The Hall–Kier alpha value is -1.68. The van der Waals surface area contributed by atoms with Crippen LogP contribution in [0.25, 0.3) is 0 Å². The van der Waals surface area contributed by atoms with Gasteiger partial charge in [0.1, 0.15) is 0 Å². The molecule has 1 aromatic rings. The number of hydrogen-bond acceptors (Lipinski definition) is 3. The number of rotatable bonds is 7. The third-order valence-corrected chi connectivity index (χ3v) is 3.09. The summed E-state index contributed by atoms with van der Waals surface area (Å²) in [6.07, 6.45) is 0. The van der Waals surface area contributed by atoms with Gasteiger partial charge in [-0.15, -0.1) is 0 Å². The quantitative estimate of drug-likeness (QED) is 0.762. The molecule has 0 radical (unpaired) electrons. The number of benzene rings is 1. The molecular formula is C15H22N2O2. The van der Waals surface area contributed by atoms with E-state index in [1.54, 1.807) is 4.90 Å². The van der Waals surface area contributed by atoms with Crippen molar-refractivity contribution in [2.24, 2.45) is 5.73 Å². The first-order valence-corrected chi connectivity index (χ1v) is 6.57. The number of primary amides is 1. The topological polar surface area (TPSA) is 63.4 Å². The molecule has 1 rings (SSSR count). The lowest BCUT2D eigenvalue weighted by molar-refractivity contribution is -0.118. The SMILES string of the molecule is CCN(CC(N)=O)CC(=O)c1ccc(C(C)C)cc1. The number of nitrogens with two attached hydrogens (primary N) is 1. The lowest BCUT2D eigenvalue weighted by Gasteiger charge is -2.17. The summed E-state index contributed by atoms with van der Waals surface area (Å²) in [6, 6.07) is 7.64. The summed E-state index contributed by atoms with van der Waals surface area (Å²) in [6.45, 7) is 7.09. The highest BCUT2D eigenvalue weighted by Crippen LogP contribution is 2.15. The first-order chi connectivity index (χ1) is 8.93. The Kier molecular flexibility index (Phi) is 5.70. The first kappa shape index (κ1) is 15.4. The molecule has 0 aromatic heterocycles. The first-order valence-electron chi connectivity index (χ1n) is 6.57. The Morgan fingerprint density at radius 3 is 2.16 bits per heavy atom. The number of likely N-dealkylation sites (N-methyl/N-ethyl adjacent to an activating group) is 1. The van der Waals surface area contributed by atoms with Crippen LogP contribution in [-0.2, 0) is 4.79 Å². The Bertz CT molecular complexity index is 438. The highest BCUT2D eigenvalue weighted by molar-refractivity contribution is 5.97. The average molecular weight is 262 g/mol. The van der Waals surface area contributed by atoms with E-state index in [1.165, 1.54) is 5.56 Å². The molecule has 0 saturated heterocycles. The van der Waals surface area contributed by atoms with Crippen LogP contribution < -0.4 is 5.73 Å². The second-order valence-electron chi connectivity index (χ2n) is 4.97. The summed E-state index contributed by atoms with van der Waals surface area (Å²) in [4.78, 5) is 24.7. The Morgan fingerprint density at radius 2 is 1.74 bits per heavy atom. The number of carbonyl (C=O) groups excluding carboxylic acids is 2. The second kappa shape index (κ2) is 7.04. The van der Waals surface area contributed by atoms with Crippen LogP contribution in [0.3, 0.4) is 0 Å². The van der Waals surface area contributed by atoms with E-state index in [2.05, 4.69) is 13.8 Å². The lowest BCUT2D eigenvalue weighted by Crippen LogP contribution is -2.37. The normalized spacial score (nSPS) is 11.0. The highest BCUT2D eigenvalue weighted by atomic mass is 16.1. The fraction of sp³-hybridized carbons (Fsp3) is 0.467. The van der Waals surface area contributed by atoms with Gasteiger partial charge in [-0.2, -0.15) is 0 Å². The van der Waals surface area contributed by atoms with Gasteiger partial charge in [0.05, 0.1) is 13.1 Å². The lowest BCUT2D eigenvalue weighted by atomic mass is 10.0. The van der Waals surface area contributed by atoms with Gasteiger partial charge >= 0.3 is 0 Å². The van der Waals surface area contributed by atoms with Gasteiger partial charge < -0.3 is 5.73 Å². The van der Waals surface area contributed by atoms with Gasteiger partial charge in [-0.25, -0.2) is 0 Å². The molecule has 0 spiro atoms. The Morgan fingerprint density at radius 1 is 1.16 bits per heavy atom. The predicted molar refractivity (Wildman–Crippen MR) is 76.2 cm³/mol. The smallest absolute Gasteiger partial charge is 0.231 e. The van der Waals surface area contributed by atoms with Crippen LogP contribution >= 0.6 is 0 Å². The molecule has 0 atom stereocenters. The van der Waals surface area contributed by atoms with Gasteiger partial charge in [0.25, 0.3) is 0 Å². The van der Waals surface area contributed by atoms with Crippen LogP contribution in [0.4, 0.5) is 0 Å². The van der Waals surface area contributed by atoms with Crippen molar-refractivity contribution in [3.8, 4) is 0 Å². The van der Waals surface area contributed by atoms with Gasteiger partial charge in [0.2, 0.25) is 5.91 Å². The van der Waals surface area contributed by atoms with Crippen molar-refractivity contribution in [1.29, 1.82) is 0 Å². The molecular weight excluding hydrogens is 240 g/mol. The van der Waals surface area contributed by atoms with E-state index in [9.17, 15) is 9.59 Å². The number of amides is 1. The highest BCUT2D eigenvalue weighted by Gasteiger charge is 2.13. The summed E-state index contributed by atoms with van der Waals surface area (Å²) in [5.41, 5.74) is 7.03. The predicted octanol–water partition coefficient (Wildman–Crippen LogP) is 1.80. The van der Waals surface area contributed by atoms with E-state index in [0.717, 1.165) is 0 Å². The maximum Gasteiger partial charge on any atom is 0.231 e. The summed E-state index contributed by atoms with van der Waals surface area (Å²) >= 11 is 0. The number of nitrogens with zero attached hydrogens (tertiary/aromatic N) is 1. The van der Waals surface area contributed by atoms with Crippen LogP contribution in [0, 0.1) is 0 Å². The molecule has 0 heterocycles. The van der Waals surface area contributed by atoms with Crippen molar-refractivity contribution < 1.29 is 9.59 Å². The summed E-state index contributed by atoms with van der Waals surface area (Å²) in [7, 11) is 0.